The van der Waals surface area contributed by atoms with Crippen molar-refractivity contribution in [2.75, 3.05) is 13.6 Å². The van der Waals surface area contributed by atoms with Gasteiger partial charge in [0.25, 0.3) is 0 Å². The van der Waals surface area contributed by atoms with Gasteiger partial charge in [-0.2, -0.15) is 0 Å². The van der Waals surface area contributed by atoms with Crippen molar-refractivity contribution in [2.45, 2.75) is 6.92 Å². The van der Waals surface area contributed by atoms with Crippen LogP contribution < -0.4 is 0 Å². The fourth-order valence-corrected chi connectivity index (χ4v) is 1.59. The molecule has 0 atom stereocenters. The Labute approximate surface area is 106 Å². The van der Waals surface area contributed by atoms with Gasteiger partial charge in [0, 0.05) is 17.6 Å². The lowest BCUT2D eigenvalue weighted by atomic mass is 10.1. The third-order valence-electron chi connectivity index (χ3n) is 2.16. The maximum atomic E-state index is 10.9. The number of carbonyl (C=O) groups is 2. The van der Waals surface area contributed by atoms with Crippen molar-refractivity contribution < 1.29 is 9.59 Å². The van der Waals surface area contributed by atoms with E-state index in [0.29, 0.717) is 17.1 Å². The van der Waals surface area contributed by atoms with Gasteiger partial charge in [0.2, 0.25) is 0 Å². The monoisotopic (exact) mass is 251 g/mol. The van der Waals surface area contributed by atoms with E-state index in [9.17, 15) is 9.59 Å². The predicted molar refractivity (Wildman–Crippen MR) is 69.2 cm³/mol. The second-order valence-corrected chi connectivity index (χ2v) is 4.26. The first kappa shape index (κ1) is 13.5. The SMILES string of the molecule is CC(=O)CN(C)/C=C\c1ccc(Cl)cc1C=O. The number of hydrogen-bond donors (Lipinski definition) is 0. The number of Topliss-reactive ketones (excluding diaryl/α,β-unsaturated/α-hetero) is 1. The molecule has 90 valence electrons. The molecule has 0 fully saturated rings. The summed E-state index contributed by atoms with van der Waals surface area (Å²) in [6.45, 7) is 1.88. The molecule has 0 unspecified atom stereocenters. The van der Waals surface area contributed by atoms with Crippen LogP contribution in [0.4, 0.5) is 0 Å². The van der Waals surface area contributed by atoms with Crippen LogP contribution in [0.2, 0.25) is 5.02 Å². The smallest absolute Gasteiger partial charge is 0.150 e. The lowest BCUT2D eigenvalue weighted by Crippen LogP contribution is -2.18. The van der Waals surface area contributed by atoms with Crippen molar-refractivity contribution >= 4 is 29.7 Å². The molecule has 17 heavy (non-hydrogen) atoms. The van der Waals surface area contributed by atoms with Gasteiger partial charge < -0.3 is 4.90 Å². The standard InChI is InChI=1S/C13H14ClNO2/c1-10(17)8-15(2)6-5-11-3-4-13(14)7-12(11)9-16/h3-7,9H,8H2,1-2H3/b6-5-. The number of halogens is 1. The number of rotatable bonds is 5. The zero-order chi connectivity index (χ0) is 12.8. The van der Waals surface area contributed by atoms with Gasteiger partial charge in [-0.25, -0.2) is 0 Å². The molecule has 0 bridgehead atoms. The van der Waals surface area contributed by atoms with Gasteiger partial charge in [0.1, 0.15) is 5.78 Å². The van der Waals surface area contributed by atoms with E-state index in [-0.39, 0.29) is 5.78 Å². The number of likely N-dealkylation sites (N-methyl/N-ethyl adjacent to an activating group) is 1. The fourth-order valence-electron chi connectivity index (χ4n) is 1.41. The molecule has 0 aliphatic rings. The zero-order valence-electron chi connectivity index (χ0n) is 9.81. The Bertz CT molecular complexity index is 455. The number of aldehydes is 1. The van der Waals surface area contributed by atoms with E-state index in [1.807, 2.05) is 0 Å². The second-order valence-electron chi connectivity index (χ2n) is 3.82. The summed E-state index contributed by atoms with van der Waals surface area (Å²) in [6.07, 6.45) is 4.30. The Morgan fingerprint density at radius 1 is 1.41 bits per heavy atom. The van der Waals surface area contributed by atoms with Crippen LogP contribution in [0.1, 0.15) is 22.8 Å². The van der Waals surface area contributed by atoms with Gasteiger partial charge >= 0.3 is 0 Å². The molecule has 1 rings (SSSR count). The van der Waals surface area contributed by atoms with E-state index in [0.717, 1.165) is 11.8 Å². The minimum absolute atomic E-state index is 0.0869. The maximum Gasteiger partial charge on any atom is 0.150 e. The number of hydrogen-bond acceptors (Lipinski definition) is 3. The number of ketones is 1. The van der Waals surface area contributed by atoms with Crippen molar-refractivity contribution in [1.29, 1.82) is 0 Å². The van der Waals surface area contributed by atoms with Crippen molar-refractivity contribution in [3.05, 3.63) is 40.5 Å². The van der Waals surface area contributed by atoms with Gasteiger partial charge in [-0.05, 0) is 36.9 Å². The van der Waals surface area contributed by atoms with Gasteiger partial charge in [0.15, 0.2) is 6.29 Å². The Balaban J connectivity index is 2.83. The summed E-state index contributed by atoms with van der Waals surface area (Å²) in [5, 5.41) is 0.529. The van der Waals surface area contributed by atoms with Crippen LogP contribution in [0.3, 0.4) is 0 Å². The van der Waals surface area contributed by atoms with Crippen molar-refractivity contribution in [2.24, 2.45) is 0 Å². The largest absolute Gasteiger partial charge is 0.373 e. The molecule has 0 saturated carbocycles. The molecular weight excluding hydrogens is 238 g/mol. The van der Waals surface area contributed by atoms with Crippen molar-refractivity contribution in [1.82, 2.24) is 4.90 Å². The third-order valence-corrected chi connectivity index (χ3v) is 2.39. The van der Waals surface area contributed by atoms with E-state index in [2.05, 4.69) is 0 Å². The lowest BCUT2D eigenvalue weighted by molar-refractivity contribution is -0.117. The van der Waals surface area contributed by atoms with E-state index in [1.165, 1.54) is 6.92 Å². The number of nitrogens with zero attached hydrogens (tertiary/aromatic N) is 1. The molecule has 0 heterocycles. The van der Waals surface area contributed by atoms with Gasteiger partial charge in [-0.1, -0.05) is 17.7 Å². The highest BCUT2D eigenvalue weighted by Crippen LogP contribution is 2.16. The first-order chi connectivity index (χ1) is 8.02. The normalized spacial score (nSPS) is 10.5. The van der Waals surface area contributed by atoms with E-state index in [4.69, 9.17) is 11.6 Å². The summed E-state index contributed by atoms with van der Waals surface area (Å²) in [5.74, 6) is 0.0869. The molecule has 4 heteroatoms. The fraction of sp³-hybridized carbons (Fsp3) is 0.231. The molecule has 0 amide bonds. The summed E-state index contributed by atoms with van der Waals surface area (Å²) in [7, 11) is 1.80. The summed E-state index contributed by atoms with van der Waals surface area (Å²) in [5.41, 5.74) is 1.31. The molecular formula is C13H14ClNO2. The topological polar surface area (TPSA) is 37.4 Å². The Morgan fingerprint density at radius 2 is 2.12 bits per heavy atom. The summed E-state index contributed by atoms with van der Waals surface area (Å²) >= 11 is 5.79. The molecule has 3 nitrogen and oxygen atoms in total. The molecule has 0 aromatic heterocycles. The minimum atomic E-state index is 0.0869. The number of benzene rings is 1. The first-order valence-corrected chi connectivity index (χ1v) is 5.53. The van der Waals surface area contributed by atoms with Crippen molar-refractivity contribution in [3.63, 3.8) is 0 Å². The number of carbonyl (C=O) groups excluding carboxylic acids is 2. The Hall–Kier alpha value is -1.61. The quantitative estimate of drug-likeness (QED) is 0.755. The average molecular weight is 252 g/mol. The van der Waals surface area contributed by atoms with Gasteiger partial charge in [-0.3, -0.25) is 9.59 Å². The summed E-state index contributed by atoms with van der Waals surface area (Å²) < 4.78 is 0. The van der Waals surface area contributed by atoms with Crippen LogP contribution in [0, 0.1) is 0 Å². The molecule has 0 N–H and O–H groups in total. The molecule has 0 spiro atoms. The van der Waals surface area contributed by atoms with E-state index < -0.39 is 0 Å². The zero-order valence-corrected chi connectivity index (χ0v) is 10.6. The third kappa shape index (κ3) is 4.41. The maximum absolute atomic E-state index is 10.9. The lowest BCUT2D eigenvalue weighted by Gasteiger charge is -2.11. The summed E-state index contributed by atoms with van der Waals surface area (Å²) in [6, 6.07) is 5.10. The van der Waals surface area contributed by atoms with Gasteiger partial charge in [0.05, 0.1) is 6.54 Å². The van der Waals surface area contributed by atoms with Crippen molar-refractivity contribution in [3.8, 4) is 0 Å². The Morgan fingerprint density at radius 3 is 2.71 bits per heavy atom. The predicted octanol–water partition coefficient (Wildman–Crippen LogP) is 2.64. The van der Waals surface area contributed by atoms with E-state index in [1.54, 1.807) is 42.4 Å². The van der Waals surface area contributed by atoms with Crippen LogP contribution in [0.5, 0.6) is 0 Å². The minimum Gasteiger partial charge on any atom is -0.373 e. The van der Waals surface area contributed by atoms with Crippen LogP contribution in [0.15, 0.2) is 24.4 Å². The van der Waals surface area contributed by atoms with Crippen LogP contribution in [-0.2, 0) is 4.79 Å². The second kappa shape index (κ2) is 6.21. The molecule has 0 saturated heterocycles. The molecule has 0 aliphatic heterocycles. The summed E-state index contributed by atoms with van der Waals surface area (Å²) in [4.78, 5) is 23.5. The molecule has 1 aromatic rings. The van der Waals surface area contributed by atoms with E-state index >= 15 is 0 Å². The van der Waals surface area contributed by atoms with Gasteiger partial charge in [-0.15, -0.1) is 0 Å². The Kier molecular flexibility index (Phi) is 4.91. The highest BCUT2D eigenvalue weighted by atomic mass is 35.5. The molecule has 1 aromatic carbocycles. The van der Waals surface area contributed by atoms with Crippen LogP contribution in [-0.4, -0.2) is 30.6 Å². The molecule has 0 aliphatic carbocycles. The highest BCUT2D eigenvalue weighted by Gasteiger charge is 2.00. The average Bonchev–Trinajstić information content (AvgIpc) is 2.26. The first-order valence-electron chi connectivity index (χ1n) is 5.15. The highest BCUT2D eigenvalue weighted by molar-refractivity contribution is 6.30. The van der Waals surface area contributed by atoms with Crippen LogP contribution >= 0.6 is 11.6 Å². The van der Waals surface area contributed by atoms with Crippen LogP contribution in [0.25, 0.3) is 6.08 Å². The molecule has 0 radical (unpaired) electrons.